The Morgan fingerprint density at radius 3 is 2.46 bits per heavy atom. The molecule has 1 heterocycles. The van der Waals surface area contributed by atoms with Gasteiger partial charge in [-0.15, -0.1) is 0 Å². The lowest BCUT2D eigenvalue weighted by atomic mass is 10.0. The van der Waals surface area contributed by atoms with Crippen LogP contribution in [0.2, 0.25) is 0 Å². The minimum Gasteiger partial charge on any atom is -0.714 e. The van der Waals surface area contributed by atoms with Crippen molar-refractivity contribution in [3.8, 4) is 0 Å². The van der Waals surface area contributed by atoms with Crippen molar-refractivity contribution >= 4 is 38.0 Å². The Morgan fingerprint density at radius 1 is 1.27 bits per heavy atom. The van der Waals surface area contributed by atoms with Crippen LogP contribution in [0, 0.1) is 0 Å². The van der Waals surface area contributed by atoms with Crippen molar-refractivity contribution in [1.29, 1.82) is 0 Å². The topological polar surface area (TPSA) is 186 Å². The van der Waals surface area contributed by atoms with E-state index in [1.165, 1.54) is 6.26 Å². The summed E-state index contributed by atoms with van der Waals surface area (Å²) in [4.78, 5) is 0. The van der Waals surface area contributed by atoms with E-state index in [1.54, 1.807) is 0 Å². The number of oxime groups is 1. The van der Waals surface area contributed by atoms with Gasteiger partial charge < -0.3 is 29.7 Å². The molecule has 0 aromatic rings. The van der Waals surface area contributed by atoms with Crippen LogP contribution in [0.5, 0.6) is 0 Å². The predicted molar refractivity (Wildman–Crippen MR) is 92.4 cm³/mol. The van der Waals surface area contributed by atoms with Crippen LogP contribution in [0.3, 0.4) is 0 Å². The molecule has 1 fully saturated rings. The fourth-order valence-corrected chi connectivity index (χ4v) is 4.04. The summed E-state index contributed by atoms with van der Waals surface area (Å²) >= 11 is 0.690. The molecule has 0 spiro atoms. The van der Waals surface area contributed by atoms with Gasteiger partial charge in [-0.2, -0.15) is 8.42 Å². The molecule has 6 atom stereocenters. The van der Waals surface area contributed by atoms with Crippen molar-refractivity contribution in [3.05, 3.63) is 0 Å². The Balaban J connectivity index is 2.80. The molecule has 1 aliphatic heterocycles. The summed E-state index contributed by atoms with van der Waals surface area (Å²) in [5, 5.41) is 41.9. The van der Waals surface area contributed by atoms with Crippen LogP contribution in [0.1, 0.15) is 19.3 Å². The number of aliphatic hydroxyl groups excluding tert-OH is 4. The SMILES string of the molecule is CS(=O)CCCC/C(=N\OS(=O)(=O)[O-])S[C@@H]1O[C@H](CO)[C@@H](O)[C@H](O)[C@H]1O. The number of thioether (sulfide) groups is 1. The lowest BCUT2D eigenvalue weighted by Gasteiger charge is -2.39. The quantitative estimate of drug-likeness (QED) is 0.0771. The molecule has 0 saturated carbocycles. The highest BCUT2D eigenvalue weighted by Crippen LogP contribution is 2.30. The van der Waals surface area contributed by atoms with Crippen LogP contribution < -0.4 is 0 Å². The van der Waals surface area contributed by atoms with Crippen LogP contribution >= 0.6 is 11.8 Å². The van der Waals surface area contributed by atoms with Crippen LogP contribution in [0.4, 0.5) is 0 Å². The number of aliphatic hydroxyl groups is 4. The molecule has 0 bridgehead atoms. The third kappa shape index (κ3) is 8.14. The van der Waals surface area contributed by atoms with Gasteiger partial charge >= 0.3 is 0 Å². The maximum atomic E-state index is 11.0. The lowest BCUT2D eigenvalue weighted by Crippen LogP contribution is -2.57. The molecule has 0 amide bonds. The summed E-state index contributed by atoms with van der Waals surface area (Å²) in [5.74, 6) is 0.415. The van der Waals surface area contributed by atoms with E-state index in [0.29, 0.717) is 30.4 Å². The Kier molecular flexibility index (Phi) is 9.92. The average Bonchev–Trinajstić information content (AvgIpc) is 2.55. The van der Waals surface area contributed by atoms with Crippen LogP contribution in [0.25, 0.3) is 0 Å². The van der Waals surface area contributed by atoms with Gasteiger partial charge in [0.15, 0.2) is 0 Å². The van der Waals surface area contributed by atoms with Gasteiger partial charge in [-0.05, 0) is 19.3 Å². The zero-order valence-electron chi connectivity index (χ0n) is 13.8. The van der Waals surface area contributed by atoms with Gasteiger partial charge in [-0.25, -0.2) is 0 Å². The largest absolute Gasteiger partial charge is 0.714 e. The third-order valence-corrected chi connectivity index (χ3v) is 5.70. The fourth-order valence-electron chi connectivity index (χ4n) is 2.09. The second kappa shape index (κ2) is 10.9. The third-order valence-electron chi connectivity index (χ3n) is 3.40. The monoisotopic (exact) mass is 436 g/mol. The molecule has 1 saturated heterocycles. The number of rotatable bonds is 9. The smallest absolute Gasteiger partial charge is 0.284 e. The first-order chi connectivity index (χ1) is 12.0. The Morgan fingerprint density at radius 2 is 1.92 bits per heavy atom. The van der Waals surface area contributed by atoms with Crippen molar-refractivity contribution in [2.75, 3.05) is 18.6 Å². The molecular formula is C12H22NO10S3-. The van der Waals surface area contributed by atoms with Gasteiger partial charge in [0.05, 0.1) is 6.61 Å². The van der Waals surface area contributed by atoms with Crippen LogP contribution in [-0.2, 0) is 30.2 Å². The Labute approximate surface area is 157 Å². The van der Waals surface area contributed by atoms with Crippen molar-refractivity contribution in [3.63, 3.8) is 0 Å². The summed E-state index contributed by atoms with van der Waals surface area (Å²) in [6.45, 7) is -0.623. The summed E-state index contributed by atoms with van der Waals surface area (Å²) in [6, 6.07) is 0. The number of ether oxygens (including phenoxy) is 1. The molecule has 26 heavy (non-hydrogen) atoms. The second-order valence-electron chi connectivity index (χ2n) is 5.52. The molecule has 0 aromatic carbocycles. The zero-order chi connectivity index (χ0) is 19.9. The molecule has 0 radical (unpaired) electrons. The molecule has 0 aromatic heterocycles. The van der Waals surface area contributed by atoms with E-state index >= 15 is 0 Å². The molecule has 1 rings (SSSR count). The number of nitrogens with zero attached hydrogens (tertiary/aromatic N) is 1. The van der Waals surface area contributed by atoms with E-state index in [9.17, 15) is 32.5 Å². The fraction of sp³-hybridized carbons (Fsp3) is 0.917. The van der Waals surface area contributed by atoms with Gasteiger partial charge in [0.1, 0.15) is 34.9 Å². The number of unbranched alkanes of at least 4 members (excludes halogenated alkanes) is 1. The maximum Gasteiger partial charge on any atom is 0.284 e. The molecule has 154 valence electrons. The summed E-state index contributed by atoms with van der Waals surface area (Å²) in [7, 11) is -6.09. The van der Waals surface area contributed by atoms with E-state index in [4.69, 9.17) is 9.84 Å². The van der Waals surface area contributed by atoms with E-state index in [2.05, 4.69) is 9.44 Å². The van der Waals surface area contributed by atoms with Crippen molar-refractivity contribution in [2.45, 2.75) is 49.1 Å². The first-order valence-corrected chi connectivity index (χ1v) is 11.5. The minimum atomic E-state index is -5.08. The van der Waals surface area contributed by atoms with E-state index in [1.807, 2.05) is 0 Å². The van der Waals surface area contributed by atoms with Gasteiger partial charge in [-0.1, -0.05) is 16.9 Å². The summed E-state index contributed by atoms with van der Waals surface area (Å²) < 4.78 is 51.9. The maximum absolute atomic E-state index is 11.0. The number of hydrogen-bond acceptors (Lipinski definition) is 12. The van der Waals surface area contributed by atoms with Crippen molar-refractivity contribution < 1.29 is 46.6 Å². The normalized spacial score (nSPS) is 31.6. The Bertz CT molecular complexity index is 596. The van der Waals surface area contributed by atoms with Gasteiger partial charge in [0.25, 0.3) is 10.4 Å². The molecule has 1 aliphatic rings. The first kappa shape index (κ1) is 23.7. The van der Waals surface area contributed by atoms with Crippen molar-refractivity contribution in [2.24, 2.45) is 5.16 Å². The van der Waals surface area contributed by atoms with Crippen molar-refractivity contribution in [1.82, 2.24) is 0 Å². The van der Waals surface area contributed by atoms with Gasteiger partial charge in [-0.3, -0.25) is 8.49 Å². The van der Waals surface area contributed by atoms with E-state index < -0.39 is 57.7 Å². The predicted octanol–water partition coefficient (Wildman–Crippen LogP) is -2.14. The second-order valence-corrected chi connectivity index (χ2v) is 9.21. The molecule has 14 heteroatoms. The highest BCUT2D eigenvalue weighted by molar-refractivity contribution is 8.14. The molecule has 0 aliphatic carbocycles. The van der Waals surface area contributed by atoms with Gasteiger partial charge in [0, 0.05) is 22.8 Å². The average molecular weight is 437 g/mol. The van der Waals surface area contributed by atoms with Crippen LogP contribution in [0.15, 0.2) is 5.16 Å². The highest BCUT2D eigenvalue weighted by Gasteiger charge is 2.44. The van der Waals surface area contributed by atoms with Gasteiger partial charge in [0.2, 0.25) is 0 Å². The number of hydrogen-bond donors (Lipinski definition) is 4. The zero-order valence-corrected chi connectivity index (χ0v) is 16.3. The standard InChI is InChI=1S/C12H23NO10S3/c1-25(18)5-3-2-4-8(13-23-26(19,20)21)24-12-11(17)10(16)9(15)7(6-14)22-12/h7,9-12,14-17H,2-6H2,1H3,(H,19,20,21)/p-1/b13-8+/t7-,9-,10+,11-,12+,25?/m1/s1. The molecule has 11 nitrogen and oxygen atoms in total. The van der Waals surface area contributed by atoms with E-state index in [-0.39, 0.29) is 11.5 Å². The minimum absolute atomic E-state index is 0.0179. The summed E-state index contributed by atoms with van der Waals surface area (Å²) in [6.07, 6.45) is -3.21. The molecular weight excluding hydrogens is 414 g/mol. The summed E-state index contributed by atoms with van der Waals surface area (Å²) in [5.41, 5.74) is -1.19. The van der Waals surface area contributed by atoms with Crippen LogP contribution in [-0.4, -0.2) is 91.1 Å². The Hall–Kier alpha value is -0.320. The van der Waals surface area contributed by atoms with E-state index in [0.717, 1.165) is 0 Å². The molecule has 4 N–H and O–H groups in total. The molecule has 1 unspecified atom stereocenters. The lowest BCUT2D eigenvalue weighted by molar-refractivity contribution is -0.205. The highest BCUT2D eigenvalue weighted by atomic mass is 32.3. The first-order valence-electron chi connectivity index (χ1n) is 7.53.